The Balaban J connectivity index is 1.68. The molecule has 29 heavy (non-hydrogen) atoms. The van der Waals surface area contributed by atoms with E-state index in [1.807, 2.05) is 18.2 Å². The number of pyridine rings is 1. The van der Waals surface area contributed by atoms with E-state index in [-0.39, 0.29) is 5.91 Å². The van der Waals surface area contributed by atoms with E-state index in [0.29, 0.717) is 18.1 Å². The van der Waals surface area contributed by atoms with Crippen LogP contribution in [0, 0.1) is 6.92 Å². The number of benzene rings is 1. The molecule has 150 valence electrons. The number of rotatable bonds is 8. The van der Waals surface area contributed by atoms with Gasteiger partial charge < -0.3 is 15.5 Å². The minimum absolute atomic E-state index is 0.257. The number of nitrogens with one attached hydrogen (secondary N) is 2. The molecule has 2 heterocycles. The SMILES string of the molecule is CCN(CC)c1ccc(Nc2cc(C(=O)NCc3cccnc3)ncn2)c(C)c1. The van der Waals surface area contributed by atoms with E-state index in [2.05, 4.69) is 63.4 Å². The summed E-state index contributed by atoms with van der Waals surface area (Å²) in [6, 6.07) is 11.7. The molecule has 0 atom stereocenters. The minimum atomic E-state index is -0.257. The molecule has 2 N–H and O–H groups in total. The number of hydrogen-bond acceptors (Lipinski definition) is 6. The highest BCUT2D eigenvalue weighted by Gasteiger charge is 2.10. The van der Waals surface area contributed by atoms with Gasteiger partial charge in [0.1, 0.15) is 17.8 Å². The monoisotopic (exact) mass is 390 g/mol. The highest BCUT2D eigenvalue weighted by Crippen LogP contribution is 2.25. The molecule has 1 aromatic carbocycles. The molecule has 7 heteroatoms. The van der Waals surface area contributed by atoms with E-state index in [4.69, 9.17) is 0 Å². The quantitative estimate of drug-likeness (QED) is 0.610. The molecule has 0 radical (unpaired) electrons. The lowest BCUT2D eigenvalue weighted by molar-refractivity contribution is 0.0945. The van der Waals surface area contributed by atoms with Crippen molar-refractivity contribution in [2.24, 2.45) is 0 Å². The molecular formula is C22H26N6O. The van der Waals surface area contributed by atoms with Crippen LogP contribution in [0.15, 0.2) is 55.1 Å². The zero-order chi connectivity index (χ0) is 20.6. The van der Waals surface area contributed by atoms with Crippen molar-refractivity contribution in [2.75, 3.05) is 23.3 Å². The molecule has 0 unspecified atom stereocenters. The molecule has 0 bridgehead atoms. The lowest BCUT2D eigenvalue weighted by atomic mass is 10.1. The van der Waals surface area contributed by atoms with Crippen molar-refractivity contribution in [3.05, 3.63) is 71.9 Å². The highest BCUT2D eigenvalue weighted by atomic mass is 16.1. The smallest absolute Gasteiger partial charge is 0.270 e. The summed E-state index contributed by atoms with van der Waals surface area (Å²) in [5, 5.41) is 6.13. The van der Waals surface area contributed by atoms with Crippen molar-refractivity contribution in [3.8, 4) is 0 Å². The van der Waals surface area contributed by atoms with Crippen LogP contribution in [-0.4, -0.2) is 33.9 Å². The predicted molar refractivity (Wildman–Crippen MR) is 115 cm³/mol. The number of anilines is 3. The van der Waals surface area contributed by atoms with Gasteiger partial charge in [-0.15, -0.1) is 0 Å². The van der Waals surface area contributed by atoms with Gasteiger partial charge in [0.05, 0.1) is 0 Å². The van der Waals surface area contributed by atoms with E-state index in [1.54, 1.807) is 18.5 Å². The standard InChI is InChI=1S/C22H26N6O/c1-4-28(5-2)18-8-9-19(16(3)11-18)27-21-12-20(25-15-26-21)22(29)24-14-17-7-6-10-23-13-17/h6-13,15H,4-5,14H2,1-3H3,(H,24,29)(H,25,26,27). The Morgan fingerprint density at radius 3 is 2.62 bits per heavy atom. The van der Waals surface area contributed by atoms with E-state index >= 15 is 0 Å². The number of carbonyl (C=O) groups is 1. The first-order chi connectivity index (χ1) is 14.1. The normalized spacial score (nSPS) is 10.4. The van der Waals surface area contributed by atoms with Gasteiger partial charge in [-0.3, -0.25) is 9.78 Å². The summed E-state index contributed by atoms with van der Waals surface area (Å²) in [4.78, 5) is 27.1. The number of nitrogens with zero attached hydrogens (tertiary/aromatic N) is 4. The average Bonchev–Trinajstić information content (AvgIpc) is 2.75. The minimum Gasteiger partial charge on any atom is -0.372 e. The van der Waals surface area contributed by atoms with E-state index in [9.17, 15) is 4.79 Å². The van der Waals surface area contributed by atoms with Gasteiger partial charge in [0.25, 0.3) is 5.91 Å². The second-order valence-electron chi connectivity index (χ2n) is 6.63. The average molecular weight is 390 g/mol. The molecule has 2 aromatic heterocycles. The Bertz CT molecular complexity index is 957. The Kier molecular flexibility index (Phi) is 6.73. The lowest BCUT2D eigenvalue weighted by Gasteiger charge is -2.22. The van der Waals surface area contributed by atoms with Crippen LogP contribution in [-0.2, 0) is 6.54 Å². The maximum Gasteiger partial charge on any atom is 0.270 e. The predicted octanol–water partition coefficient (Wildman–Crippen LogP) is 3.70. The second-order valence-corrected chi connectivity index (χ2v) is 6.63. The van der Waals surface area contributed by atoms with Crippen LogP contribution >= 0.6 is 0 Å². The van der Waals surface area contributed by atoms with Gasteiger partial charge in [-0.25, -0.2) is 9.97 Å². The zero-order valence-electron chi connectivity index (χ0n) is 17.0. The van der Waals surface area contributed by atoms with E-state index in [1.165, 1.54) is 12.0 Å². The van der Waals surface area contributed by atoms with E-state index in [0.717, 1.165) is 29.9 Å². The topological polar surface area (TPSA) is 83.0 Å². The van der Waals surface area contributed by atoms with Gasteiger partial charge in [-0.05, 0) is 56.2 Å². The van der Waals surface area contributed by atoms with Crippen molar-refractivity contribution < 1.29 is 4.79 Å². The van der Waals surface area contributed by atoms with Gasteiger partial charge in [0, 0.05) is 49.5 Å². The van der Waals surface area contributed by atoms with Crippen molar-refractivity contribution in [2.45, 2.75) is 27.3 Å². The molecule has 0 spiro atoms. The van der Waals surface area contributed by atoms with Crippen molar-refractivity contribution in [1.82, 2.24) is 20.3 Å². The molecule has 7 nitrogen and oxygen atoms in total. The van der Waals surface area contributed by atoms with Gasteiger partial charge in [-0.2, -0.15) is 0 Å². The van der Waals surface area contributed by atoms with Gasteiger partial charge >= 0.3 is 0 Å². The molecular weight excluding hydrogens is 364 g/mol. The van der Waals surface area contributed by atoms with Crippen LogP contribution in [0.2, 0.25) is 0 Å². The van der Waals surface area contributed by atoms with Gasteiger partial charge in [-0.1, -0.05) is 6.07 Å². The second kappa shape index (κ2) is 9.64. The fraction of sp³-hybridized carbons (Fsp3) is 0.273. The first-order valence-corrected chi connectivity index (χ1v) is 9.72. The van der Waals surface area contributed by atoms with E-state index < -0.39 is 0 Å². The number of hydrogen-bond donors (Lipinski definition) is 2. The largest absolute Gasteiger partial charge is 0.372 e. The maximum absolute atomic E-state index is 12.4. The van der Waals surface area contributed by atoms with Crippen molar-refractivity contribution in [1.29, 1.82) is 0 Å². The Labute approximate surface area is 171 Å². The molecule has 0 aliphatic carbocycles. The molecule has 0 fully saturated rings. The molecule has 1 amide bonds. The first kappa shape index (κ1) is 20.3. The van der Waals surface area contributed by atoms with Crippen molar-refractivity contribution in [3.63, 3.8) is 0 Å². The summed E-state index contributed by atoms with van der Waals surface area (Å²) in [6.45, 7) is 8.67. The number of carbonyl (C=O) groups excluding carboxylic acids is 1. The number of amides is 1. The summed E-state index contributed by atoms with van der Waals surface area (Å²) >= 11 is 0. The van der Waals surface area contributed by atoms with Crippen LogP contribution < -0.4 is 15.5 Å². The maximum atomic E-state index is 12.4. The summed E-state index contributed by atoms with van der Waals surface area (Å²) in [5.41, 5.74) is 4.48. The lowest BCUT2D eigenvalue weighted by Crippen LogP contribution is -2.24. The number of aryl methyl sites for hydroxylation is 1. The molecule has 0 aliphatic heterocycles. The van der Waals surface area contributed by atoms with Crippen LogP contribution in [0.4, 0.5) is 17.2 Å². The fourth-order valence-corrected chi connectivity index (χ4v) is 3.04. The molecule has 3 aromatic rings. The van der Waals surface area contributed by atoms with Crippen LogP contribution in [0.25, 0.3) is 0 Å². The molecule has 0 aliphatic rings. The summed E-state index contributed by atoms with van der Waals surface area (Å²) in [5.74, 6) is 0.318. The van der Waals surface area contributed by atoms with Gasteiger partial charge in [0.15, 0.2) is 0 Å². The van der Waals surface area contributed by atoms with Crippen LogP contribution in [0.5, 0.6) is 0 Å². The molecule has 0 saturated carbocycles. The zero-order valence-corrected chi connectivity index (χ0v) is 17.0. The van der Waals surface area contributed by atoms with Crippen LogP contribution in [0.3, 0.4) is 0 Å². The summed E-state index contributed by atoms with van der Waals surface area (Å²) in [7, 11) is 0. The Morgan fingerprint density at radius 1 is 1.10 bits per heavy atom. The third-order valence-electron chi connectivity index (χ3n) is 4.68. The molecule has 0 saturated heterocycles. The Hall–Kier alpha value is -3.48. The van der Waals surface area contributed by atoms with Crippen molar-refractivity contribution >= 4 is 23.1 Å². The summed E-state index contributed by atoms with van der Waals surface area (Å²) in [6.07, 6.45) is 4.81. The third-order valence-corrected chi connectivity index (χ3v) is 4.68. The van der Waals surface area contributed by atoms with Gasteiger partial charge in [0.2, 0.25) is 0 Å². The third kappa shape index (κ3) is 5.28. The first-order valence-electron chi connectivity index (χ1n) is 9.72. The van der Waals surface area contributed by atoms with Crippen LogP contribution in [0.1, 0.15) is 35.5 Å². The molecule has 3 rings (SSSR count). The highest BCUT2D eigenvalue weighted by molar-refractivity contribution is 5.93. The summed E-state index contributed by atoms with van der Waals surface area (Å²) < 4.78 is 0. The fourth-order valence-electron chi connectivity index (χ4n) is 3.04. The number of aromatic nitrogens is 3. The Morgan fingerprint density at radius 2 is 1.93 bits per heavy atom.